The highest BCUT2D eigenvalue weighted by molar-refractivity contribution is 5.90. The van der Waals surface area contributed by atoms with Crippen LogP contribution in [0.3, 0.4) is 0 Å². The molecule has 0 bridgehead atoms. The number of halogens is 3. The lowest BCUT2D eigenvalue weighted by atomic mass is 9.73. The van der Waals surface area contributed by atoms with E-state index in [4.69, 9.17) is 4.74 Å². The predicted octanol–water partition coefficient (Wildman–Crippen LogP) is 5.94. The molecule has 1 spiro atoms. The summed E-state index contributed by atoms with van der Waals surface area (Å²) >= 11 is 0. The van der Waals surface area contributed by atoms with Crippen molar-refractivity contribution < 1.29 is 27.5 Å². The number of hydrogen-bond donors (Lipinski definition) is 2. The molecule has 0 unspecified atom stereocenters. The molecule has 2 N–H and O–H groups in total. The average Bonchev–Trinajstić information content (AvgIpc) is 2.87. The molecule has 6 nitrogen and oxygen atoms in total. The second-order valence-electron chi connectivity index (χ2n) is 12.6. The molecule has 2 heterocycles. The molecule has 1 aromatic carbocycles. The summed E-state index contributed by atoms with van der Waals surface area (Å²) in [7, 11) is 0. The first kappa shape index (κ1) is 32.4. The fourth-order valence-corrected chi connectivity index (χ4v) is 5.91. The molecular formula is C31H48F3N3O3. The van der Waals surface area contributed by atoms with Crippen LogP contribution in [0.15, 0.2) is 24.3 Å². The molecule has 2 saturated heterocycles. The van der Waals surface area contributed by atoms with E-state index in [9.17, 15) is 22.8 Å². The Kier molecular flexibility index (Phi) is 11.9. The van der Waals surface area contributed by atoms with E-state index in [0.29, 0.717) is 58.0 Å². The number of hydrogen-bond acceptors (Lipinski definition) is 4. The number of ether oxygens (including phenoxy) is 1. The topological polar surface area (TPSA) is 70.7 Å². The molecule has 226 valence electrons. The second-order valence-corrected chi connectivity index (χ2v) is 12.6. The van der Waals surface area contributed by atoms with E-state index in [0.717, 1.165) is 49.8 Å². The van der Waals surface area contributed by atoms with E-state index in [1.54, 1.807) is 0 Å². The molecule has 1 aromatic rings. The first-order chi connectivity index (χ1) is 18.9. The van der Waals surface area contributed by atoms with E-state index in [1.807, 2.05) is 0 Å². The first-order valence-corrected chi connectivity index (χ1v) is 15.0. The van der Waals surface area contributed by atoms with Crippen molar-refractivity contribution in [1.82, 2.24) is 15.5 Å². The van der Waals surface area contributed by atoms with Crippen LogP contribution < -0.4 is 10.6 Å². The van der Waals surface area contributed by atoms with Crippen LogP contribution in [-0.2, 0) is 27.0 Å². The molecule has 0 saturated carbocycles. The molecule has 2 amide bonds. The molecule has 2 fully saturated rings. The number of benzene rings is 1. The highest BCUT2D eigenvalue weighted by Crippen LogP contribution is 2.38. The van der Waals surface area contributed by atoms with Crippen molar-refractivity contribution in [2.75, 3.05) is 26.3 Å². The molecular weight excluding hydrogens is 519 g/mol. The van der Waals surface area contributed by atoms with Gasteiger partial charge >= 0.3 is 6.18 Å². The van der Waals surface area contributed by atoms with Gasteiger partial charge in [0, 0.05) is 13.2 Å². The summed E-state index contributed by atoms with van der Waals surface area (Å²) in [5.74, 6) is 0.442. The van der Waals surface area contributed by atoms with Gasteiger partial charge in [-0.3, -0.25) is 14.5 Å². The van der Waals surface area contributed by atoms with Gasteiger partial charge in [-0.1, -0.05) is 52.7 Å². The van der Waals surface area contributed by atoms with Crippen molar-refractivity contribution in [1.29, 1.82) is 0 Å². The van der Waals surface area contributed by atoms with Gasteiger partial charge in [0.1, 0.15) is 6.04 Å². The van der Waals surface area contributed by atoms with E-state index >= 15 is 0 Å². The van der Waals surface area contributed by atoms with Gasteiger partial charge in [0.15, 0.2) is 0 Å². The zero-order chi connectivity index (χ0) is 29.3. The lowest BCUT2D eigenvalue weighted by Gasteiger charge is -2.42. The molecule has 9 heteroatoms. The number of piperidine rings is 1. The standard InChI is InChI=1S/C31H48F3N3O3/c1-22(2)18-26-21-40-17-7-5-6-12-30(29(39)36-27(19-23(3)4)28(38)35-26)13-15-37(16-14-30)20-24-8-10-25(11-9-24)31(32,33)34/h8-11,22-23,26-27H,5-7,12-21H2,1-4H3,(H,35,38)(H,36,39)/t26-,27-/m0/s1. The summed E-state index contributed by atoms with van der Waals surface area (Å²) < 4.78 is 44.7. The number of carbonyl (C=O) groups is 2. The predicted molar refractivity (Wildman–Crippen MR) is 150 cm³/mol. The Balaban J connectivity index is 1.71. The van der Waals surface area contributed by atoms with Crippen LogP contribution in [-0.4, -0.2) is 55.1 Å². The first-order valence-electron chi connectivity index (χ1n) is 15.0. The number of nitrogens with one attached hydrogen (secondary N) is 2. The largest absolute Gasteiger partial charge is 0.416 e. The fraction of sp³-hybridized carbons (Fsp3) is 0.742. The average molecular weight is 568 g/mol. The van der Waals surface area contributed by atoms with Crippen LogP contribution in [0.2, 0.25) is 0 Å². The van der Waals surface area contributed by atoms with Gasteiger partial charge in [0.25, 0.3) is 0 Å². The molecule has 2 atom stereocenters. The van der Waals surface area contributed by atoms with E-state index < -0.39 is 23.2 Å². The maximum Gasteiger partial charge on any atom is 0.416 e. The maximum atomic E-state index is 13.9. The summed E-state index contributed by atoms with van der Waals surface area (Å²) in [5, 5.41) is 6.31. The molecule has 2 aliphatic heterocycles. The lowest BCUT2D eigenvalue weighted by Crippen LogP contribution is -2.56. The molecule has 0 aliphatic carbocycles. The van der Waals surface area contributed by atoms with Crippen molar-refractivity contribution in [2.24, 2.45) is 17.3 Å². The van der Waals surface area contributed by atoms with Gasteiger partial charge < -0.3 is 15.4 Å². The van der Waals surface area contributed by atoms with Crippen LogP contribution in [0, 0.1) is 17.3 Å². The molecule has 2 aliphatic rings. The summed E-state index contributed by atoms with van der Waals surface area (Å²) in [4.78, 5) is 29.5. The maximum absolute atomic E-state index is 13.9. The van der Waals surface area contributed by atoms with Crippen molar-refractivity contribution in [3.8, 4) is 0 Å². The Morgan fingerprint density at radius 1 is 0.925 bits per heavy atom. The van der Waals surface area contributed by atoms with Gasteiger partial charge in [0.05, 0.1) is 23.6 Å². The van der Waals surface area contributed by atoms with Crippen LogP contribution in [0.1, 0.15) is 90.2 Å². The Morgan fingerprint density at radius 3 is 2.17 bits per heavy atom. The van der Waals surface area contributed by atoms with E-state index in [1.165, 1.54) is 12.1 Å². The quantitative estimate of drug-likeness (QED) is 0.447. The van der Waals surface area contributed by atoms with Crippen LogP contribution in [0.5, 0.6) is 0 Å². The van der Waals surface area contributed by atoms with Gasteiger partial charge in [-0.2, -0.15) is 13.2 Å². The van der Waals surface area contributed by atoms with Crippen molar-refractivity contribution in [3.63, 3.8) is 0 Å². The fourth-order valence-electron chi connectivity index (χ4n) is 5.91. The molecule has 3 rings (SSSR count). The molecule has 0 aromatic heterocycles. The zero-order valence-corrected chi connectivity index (χ0v) is 24.6. The minimum Gasteiger partial charge on any atom is -0.379 e. The molecule has 0 radical (unpaired) electrons. The van der Waals surface area contributed by atoms with Crippen molar-refractivity contribution in [2.45, 2.75) is 104 Å². The Hall–Kier alpha value is -2.13. The number of likely N-dealkylation sites (tertiary alicyclic amines) is 1. The lowest BCUT2D eigenvalue weighted by molar-refractivity contribution is -0.139. The normalized spacial score (nSPS) is 24.1. The second kappa shape index (κ2) is 14.7. The highest BCUT2D eigenvalue weighted by atomic mass is 19.4. The number of alkyl halides is 3. The van der Waals surface area contributed by atoms with Gasteiger partial charge in [0.2, 0.25) is 11.8 Å². The number of carbonyl (C=O) groups excluding carboxylic acids is 2. The van der Waals surface area contributed by atoms with Crippen molar-refractivity contribution in [3.05, 3.63) is 35.4 Å². The number of nitrogens with zero attached hydrogens (tertiary/aromatic N) is 1. The van der Waals surface area contributed by atoms with Crippen LogP contribution in [0.4, 0.5) is 13.2 Å². The third-order valence-electron chi connectivity index (χ3n) is 8.18. The van der Waals surface area contributed by atoms with E-state index in [-0.39, 0.29) is 23.8 Å². The third-order valence-corrected chi connectivity index (χ3v) is 8.18. The van der Waals surface area contributed by atoms with Gasteiger partial charge in [-0.05, 0) is 81.1 Å². The number of amides is 2. The summed E-state index contributed by atoms with van der Waals surface area (Å²) in [6, 6.07) is 4.62. The Bertz CT molecular complexity index is 941. The highest BCUT2D eigenvalue weighted by Gasteiger charge is 2.42. The minimum absolute atomic E-state index is 0.0452. The van der Waals surface area contributed by atoms with Gasteiger partial charge in [-0.25, -0.2) is 0 Å². The summed E-state index contributed by atoms with van der Waals surface area (Å²) in [6.07, 6.45) is 1.88. The van der Waals surface area contributed by atoms with Crippen LogP contribution >= 0.6 is 0 Å². The molecule has 40 heavy (non-hydrogen) atoms. The van der Waals surface area contributed by atoms with Crippen molar-refractivity contribution >= 4 is 11.8 Å². The smallest absolute Gasteiger partial charge is 0.379 e. The SMILES string of the molecule is CC(C)C[C@H]1COCCCCCC2(CCN(Cc3ccc(C(F)(F)F)cc3)CC2)C(=O)N[C@@H](CC(C)C)C(=O)N1. The third kappa shape index (κ3) is 9.75. The summed E-state index contributed by atoms with van der Waals surface area (Å²) in [6.45, 7) is 11.4. The van der Waals surface area contributed by atoms with Gasteiger partial charge in [-0.15, -0.1) is 0 Å². The Morgan fingerprint density at radius 2 is 1.57 bits per heavy atom. The summed E-state index contributed by atoms with van der Waals surface area (Å²) in [5.41, 5.74) is -0.385. The van der Waals surface area contributed by atoms with E-state index in [2.05, 4.69) is 43.2 Å². The van der Waals surface area contributed by atoms with Crippen LogP contribution in [0.25, 0.3) is 0 Å². The Labute approximate surface area is 237 Å². The zero-order valence-electron chi connectivity index (χ0n) is 24.6. The number of rotatable bonds is 6. The monoisotopic (exact) mass is 567 g/mol. The minimum atomic E-state index is -4.35.